The Kier molecular flexibility index (Phi) is 4.16. The van der Waals surface area contributed by atoms with Crippen LogP contribution in [0.2, 0.25) is 0 Å². The SMILES string of the molecule is NCC(=O)OC[C@@H](N)C(=O)O. The van der Waals surface area contributed by atoms with E-state index in [1.165, 1.54) is 0 Å². The number of rotatable bonds is 4. The third kappa shape index (κ3) is 4.29. The first kappa shape index (κ1) is 9.86. The quantitative estimate of drug-likeness (QED) is 0.408. The lowest BCUT2D eigenvalue weighted by atomic mass is 10.3. The number of esters is 1. The lowest BCUT2D eigenvalue weighted by Gasteiger charge is -2.05. The van der Waals surface area contributed by atoms with Gasteiger partial charge in [0.2, 0.25) is 0 Å². The van der Waals surface area contributed by atoms with Gasteiger partial charge in [0.25, 0.3) is 0 Å². The molecule has 0 spiro atoms. The van der Waals surface area contributed by atoms with Crippen LogP contribution in [0.1, 0.15) is 0 Å². The van der Waals surface area contributed by atoms with E-state index in [0.717, 1.165) is 0 Å². The number of nitrogens with two attached hydrogens (primary N) is 2. The molecule has 0 amide bonds. The Balaban J connectivity index is 3.54. The molecule has 5 N–H and O–H groups in total. The molecule has 0 rings (SSSR count). The third-order valence-corrected chi connectivity index (χ3v) is 0.908. The molecule has 0 aliphatic carbocycles. The van der Waals surface area contributed by atoms with E-state index in [1.807, 2.05) is 0 Å². The van der Waals surface area contributed by atoms with Gasteiger partial charge in [-0.2, -0.15) is 0 Å². The average molecular weight is 162 g/mol. The van der Waals surface area contributed by atoms with Crippen LogP contribution in [0.25, 0.3) is 0 Å². The summed E-state index contributed by atoms with van der Waals surface area (Å²) < 4.78 is 4.34. The van der Waals surface area contributed by atoms with Crippen LogP contribution < -0.4 is 11.5 Å². The highest BCUT2D eigenvalue weighted by Gasteiger charge is 2.12. The Morgan fingerprint density at radius 1 is 1.55 bits per heavy atom. The minimum absolute atomic E-state index is 0.271. The number of hydrogen-bond donors (Lipinski definition) is 3. The van der Waals surface area contributed by atoms with Crippen LogP contribution in [0, 0.1) is 0 Å². The predicted octanol–water partition coefficient (Wildman–Crippen LogP) is -2.10. The van der Waals surface area contributed by atoms with Crippen molar-refractivity contribution in [3.8, 4) is 0 Å². The Morgan fingerprint density at radius 2 is 2.09 bits per heavy atom. The number of aliphatic carboxylic acids is 1. The summed E-state index contributed by atoms with van der Waals surface area (Å²) in [5.74, 6) is -1.88. The van der Waals surface area contributed by atoms with Crippen LogP contribution in [0.4, 0.5) is 0 Å². The zero-order valence-corrected chi connectivity index (χ0v) is 5.82. The third-order valence-electron chi connectivity index (χ3n) is 0.908. The van der Waals surface area contributed by atoms with Crippen molar-refractivity contribution in [2.24, 2.45) is 11.5 Å². The van der Waals surface area contributed by atoms with Gasteiger partial charge in [-0.1, -0.05) is 0 Å². The van der Waals surface area contributed by atoms with Crippen LogP contribution in [-0.4, -0.2) is 36.2 Å². The topological polar surface area (TPSA) is 116 Å². The molecule has 0 heterocycles. The molecular formula is C5H10N2O4. The van der Waals surface area contributed by atoms with Crippen LogP contribution in [0.15, 0.2) is 0 Å². The van der Waals surface area contributed by atoms with E-state index in [9.17, 15) is 9.59 Å². The number of carbonyl (C=O) groups excluding carboxylic acids is 1. The number of carboxylic acids is 1. The highest BCUT2D eigenvalue weighted by molar-refractivity contribution is 5.75. The standard InChI is InChI=1S/C5H10N2O4/c6-1-4(8)11-2-3(7)5(9)10/h3H,1-2,6-7H2,(H,9,10)/t3-/m1/s1. The average Bonchev–Trinajstić information content (AvgIpc) is 1.99. The smallest absolute Gasteiger partial charge is 0.324 e. The zero-order chi connectivity index (χ0) is 8.85. The number of ether oxygens (including phenoxy) is 1. The molecule has 64 valence electrons. The van der Waals surface area contributed by atoms with Gasteiger partial charge in [-0.3, -0.25) is 9.59 Å². The molecule has 0 aliphatic heterocycles. The minimum atomic E-state index is -1.21. The van der Waals surface area contributed by atoms with E-state index in [0.29, 0.717) is 0 Å². The first-order valence-corrected chi connectivity index (χ1v) is 2.92. The number of carboxylic acid groups (broad SMARTS) is 1. The van der Waals surface area contributed by atoms with Crippen molar-refractivity contribution >= 4 is 11.9 Å². The molecule has 0 aliphatic rings. The molecule has 0 aromatic rings. The van der Waals surface area contributed by atoms with E-state index < -0.39 is 18.0 Å². The van der Waals surface area contributed by atoms with Crippen molar-refractivity contribution in [3.05, 3.63) is 0 Å². The molecule has 6 heteroatoms. The Hall–Kier alpha value is -1.14. The summed E-state index contributed by atoms with van der Waals surface area (Å²) in [5.41, 5.74) is 9.87. The van der Waals surface area contributed by atoms with Crippen LogP contribution in [0.3, 0.4) is 0 Å². The van der Waals surface area contributed by atoms with Crippen molar-refractivity contribution in [2.45, 2.75) is 6.04 Å². The molecule has 6 nitrogen and oxygen atoms in total. The maximum Gasteiger partial charge on any atom is 0.324 e. The highest BCUT2D eigenvalue weighted by Crippen LogP contribution is 1.82. The van der Waals surface area contributed by atoms with Crippen molar-refractivity contribution in [1.82, 2.24) is 0 Å². The van der Waals surface area contributed by atoms with Gasteiger partial charge >= 0.3 is 11.9 Å². The first-order valence-electron chi connectivity index (χ1n) is 2.92. The summed E-state index contributed by atoms with van der Waals surface area (Å²) in [6.45, 7) is -0.613. The maximum atomic E-state index is 10.3. The van der Waals surface area contributed by atoms with E-state index >= 15 is 0 Å². The van der Waals surface area contributed by atoms with Crippen molar-refractivity contribution in [1.29, 1.82) is 0 Å². The van der Waals surface area contributed by atoms with Gasteiger partial charge in [0, 0.05) is 0 Å². The van der Waals surface area contributed by atoms with E-state index in [1.54, 1.807) is 0 Å². The van der Waals surface area contributed by atoms with Gasteiger partial charge in [-0.25, -0.2) is 0 Å². The van der Waals surface area contributed by atoms with Gasteiger partial charge in [-0.05, 0) is 0 Å². The number of hydrogen-bond acceptors (Lipinski definition) is 5. The van der Waals surface area contributed by atoms with Crippen LogP contribution >= 0.6 is 0 Å². The lowest BCUT2D eigenvalue weighted by molar-refractivity contribution is -0.146. The molecule has 0 bridgehead atoms. The summed E-state index contributed by atoms with van der Waals surface area (Å²) in [6.07, 6.45) is 0. The monoisotopic (exact) mass is 162 g/mol. The van der Waals surface area contributed by atoms with E-state index in [4.69, 9.17) is 16.6 Å². The van der Waals surface area contributed by atoms with Crippen molar-refractivity contribution in [3.63, 3.8) is 0 Å². The van der Waals surface area contributed by atoms with Gasteiger partial charge in [0.1, 0.15) is 12.6 Å². The Morgan fingerprint density at radius 3 is 2.45 bits per heavy atom. The van der Waals surface area contributed by atoms with Crippen LogP contribution in [-0.2, 0) is 14.3 Å². The number of carbonyl (C=O) groups is 2. The second-order valence-corrected chi connectivity index (χ2v) is 1.83. The van der Waals surface area contributed by atoms with Crippen molar-refractivity contribution < 1.29 is 19.4 Å². The molecule has 11 heavy (non-hydrogen) atoms. The molecule has 0 aromatic carbocycles. The van der Waals surface area contributed by atoms with E-state index in [-0.39, 0.29) is 13.2 Å². The molecule has 0 unspecified atom stereocenters. The second kappa shape index (κ2) is 4.64. The first-order chi connectivity index (χ1) is 5.07. The molecule has 0 radical (unpaired) electrons. The molecule has 1 atom stereocenters. The van der Waals surface area contributed by atoms with E-state index in [2.05, 4.69) is 4.74 Å². The molecule has 0 saturated carbocycles. The molecule has 0 aromatic heterocycles. The van der Waals surface area contributed by atoms with Crippen LogP contribution in [0.5, 0.6) is 0 Å². The van der Waals surface area contributed by atoms with Gasteiger partial charge in [0.15, 0.2) is 0 Å². The van der Waals surface area contributed by atoms with Crippen molar-refractivity contribution in [2.75, 3.05) is 13.2 Å². The largest absolute Gasteiger partial charge is 0.480 e. The fraction of sp³-hybridized carbons (Fsp3) is 0.600. The van der Waals surface area contributed by atoms with Gasteiger partial charge < -0.3 is 21.3 Å². The van der Waals surface area contributed by atoms with Gasteiger partial charge in [-0.15, -0.1) is 0 Å². The summed E-state index contributed by atoms with van der Waals surface area (Å²) >= 11 is 0. The summed E-state index contributed by atoms with van der Waals surface area (Å²) in [5, 5.41) is 8.22. The summed E-state index contributed by atoms with van der Waals surface area (Å²) in [7, 11) is 0. The Labute approximate surface area is 63.1 Å². The summed E-state index contributed by atoms with van der Waals surface area (Å²) in [6, 6.07) is -1.18. The predicted molar refractivity (Wildman–Crippen MR) is 35.6 cm³/mol. The van der Waals surface area contributed by atoms with Gasteiger partial charge in [0.05, 0.1) is 6.54 Å². The molecule has 0 saturated heterocycles. The minimum Gasteiger partial charge on any atom is -0.480 e. The zero-order valence-electron chi connectivity index (χ0n) is 5.82. The second-order valence-electron chi connectivity index (χ2n) is 1.83. The normalized spacial score (nSPS) is 12.2. The Bertz CT molecular complexity index is 159. The summed E-state index contributed by atoms with van der Waals surface area (Å²) in [4.78, 5) is 20.4. The highest BCUT2D eigenvalue weighted by atomic mass is 16.5. The lowest BCUT2D eigenvalue weighted by Crippen LogP contribution is -2.36. The molecular weight excluding hydrogens is 152 g/mol. The molecule has 0 fully saturated rings. The maximum absolute atomic E-state index is 10.3. The fourth-order valence-electron chi connectivity index (χ4n) is 0.313. The fourth-order valence-corrected chi connectivity index (χ4v) is 0.313.